The average Bonchev–Trinajstić information content (AvgIpc) is 2.34. The van der Waals surface area contributed by atoms with Gasteiger partial charge in [-0.2, -0.15) is 0 Å². The normalized spacial score (nSPS) is 19.6. The molecule has 0 aliphatic carbocycles. The molecular formula is C12H16ClFN2. The van der Waals surface area contributed by atoms with E-state index in [0.29, 0.717) is 5.02 Å². The average molecular weight is 243 g/mol. The maximum Gasteiger partial charge on any atom is 0.109 e. The molecule has 1 heterocycles. The van der Waals surface area contributed by atoms with Crippen LogP contribution in [-0.4, -0.2) is 37.8 Å². The SMILES string of the molecule is FC[C@H](c1ccc(Cl)cc1)N1CCNCC1. The summed E-state index contributed by atoms with van der Waals surface area (Å²) < 4.78 is 13.1. The Kier molecular flexibility index (Phi) is 4.16. The smallest absolute Gasteiger partial charge is 0.109 e. The van der Waals surface area contributed by atoms with Gasteiger partial charge in [-0.15, -0.1) is 0 Å². The molecule has 1 N–H and O–H groups in total. The summed E-state index contributed by atoms with van der Waals surface area (Å²) in [5.41, 5.74) is 1.01. The van der Waals surface area contributed by atoms with Crippen LogP contribution in [-0.2, 0) is 0 Å². The van der Waals surface area contributed by atoms with E-state index in [4.69, 9.17) is 11.6 Å². The highest BCUT2D eigenvalue weighted by molar-refractivity contribution is 6.30. The first-order valence-corrected chi connectivity index (χ1v) is 5.95. The summed E-state index contributed by atoms with van der Waals surface area (Å²) in [7, 11) is 0. The van der Waals surface area contributed by atoms with E-state index < -0.39 is 0 Å². The fraction of sp³-hybridized carbons (Fsp3) is 0.500. The van der Waals surface area contributed by atoms with Crippen LogP contribution in [0.4, 0.5) is 4.39 Å². The van der Waals surface area contributed by atoms with Gasteiger partial charge in [-0.25, -0.2) is 4.39 Å². The Bertz CT molecular complexity index is 322. The number of hydrogen-bond acceptors (Lipinski definition) is 2. The van der Waals surface area contributed by atoms with E-state index in [1.165, 1.54) is 0 Å². The van der Waals surface area contributed by atoms with Gasteiger partial charge in [-0.3, -0.25) is 4.90 Å². The zero-order valence-corrected chi connectivity index (χ0v) is 9.88. The maximum atomic E-state index is 13.1. The van der Waals surface area contributed by atoms with Gasteiger partial charge in [0.2, 0.25) is 0 Å². The topological polar surface area (TPSA) is 15.3 Å². The van der Waals surface area contributed by atoms with Crippen molar-refractivity contribution >= 4 is 11.6 Å². The second kappa shape index (κ2) is 5.62. The van der Waals surface area contributed by atoms with Crippen molar-refractivity contribution in [2.24, 2.45) is 0 Å². The van der Waals surface area contributed by atoms with E-state index in [-0.39, 0.29) is 12.7 Å². The molecule has 1 saturated heterocycles. The Morgan fingerprint density at radius 2 is 1.88 bits per heavy atom. The molecule has 0 amide bonds. The molecule has 0 radical (unpaired) electrons. The molecular weight excluding hydrogens is 227 g/mol. The van der Waals surface area contributed by atoms with Gasteiger partial charge >= 0.3 is 0 Å². The van der Waals surface area contributed by atoms with Gasteiger partial charge < -0.3 is 5.32 Å². The number of hydrogen-bond donors (Lipinski definition) is 1. The lowest BCUT2D eigenvalue weighted by Gasteiger charge is -2.33. The molecule has 0 spiro atoms. The number of rotatable bonds is 3. The van der Waals surface area contributed by atoms with Gasteiger partial charge in [0.25, 0.3) is 0 Å². The Morgan fingerprint density at radius 1 is 1.25 bits per heavy atom. The third-order valence-corrected chi connectivity index (χ3v) is 3.25. The lowest BCUT2D eigenvalue weighted by molar-refractivity contribution is 0.147. The fourth-order valence-corrected chi connectivity index (χ4v) is 2.20. The third-order valence-electron chi connectivity index (χ3n) is 2.99. The minimum absolute atomic E-state index is 0.126. The van der Waals surface area contributed by atoms with Gasteiger partial charge in [-0.1, -0.05) is 23.7 Å². The van der Waals surface area contributed by atoms with Gasteiger partial charge in [0, 0.05) is 31.2 Å². The van der Waals surface area contributed by atoms with Crippen LogP contribution < -0.4 is 5.32 Å². The number of nitrogens with one attached hydrogen (secondary N) is 1. The number of halogens is 2. The van der Waals surface area contributed by atoms with Crippen molar-refractivity contribution in [3.63, 3.8) is 0 Å². The van der Waals surface area contributed by atoms with Gasteiger partial charge in [0.05, 0.1) is 6.04 Å². The van der Waals surface area contributed by atoms with E-state index in [1.54, 1.807) is 0 Å². The van der Waals surface area contributed by atoms with Crippen LogP contribution in [0.1, 0.15) is 11.6 Å². The summed E-state index contributed by atoms with van der Waals surface area (Å²) >= 11 is 5.83. The second-order valence-electron chi connectivity index (χ2n) is 4.01. The summed E-state index contributed by atoms with van der Waals surface area (Å²) in [6, 6.07) is 7.34. The highest BCUT2D eigenvalue weighted by Crippen LogP contribution is 2.23. The summed E-state index contributed by atoms with van der Waals surface area (Å²) in [5.74, 6) is 0. The van der Waals surface area contributed by atoms with Crippen LogP contribution in [0.25, 0.3) is 0 Å². The Hall–Kier alpha value is -0.640. The largest absolute Gasteiger partial charge is 0.314 e. The zero-order chi connectivity index (χ0) is 11.4. The fourth-order valence-electron chi connectivity index (χ4n) is 2.08. The standard InChI is InChI=1S/C12H16ClFN2/c13-11-3-1-10(2-4-11)12(9-14)16-7-5-15-6-8-16/h1-4,12,15H,5-9H2/t12-/m1/s1. The molecule has 1 aliphatic rings. The molecule has 0 bridgehead atoms. The van der Waals surface area contributed by atoms with Crippen LogP contribution in [0.2, 0.25) is 5.02 Å². The van der Waals surface area contributed by atoms with Crippen molar-refractivity contribution in [2.75, 3.05) is 32.9 Å². The monoisotopic (exact) mass is 242 g/mol. The molecule has 16 heavy (non-hydrogen) atoms. The molecule has 88 valence electrons. The lowest BCUT2D eigenvalue weighted by Crippen LogP contribution is -2.45. The first-order chi connectivity index (χ1) is 7.81. The first-order valence-electron chi connectivity index (χ1n) is 5.57. The Morgan fingerprint density at radius 3 is 2.44 bits per heavy atom. The summed E-state index contributed by atoms with van der Waals surface area (Å²) in [6.45, 7) is 3.32. The molecule has 2 nitrogen and oxygen atoms in total. The van der Waals surface area contributed by atoms with Crippen LogP contribution in [0, 0.1) is 0 Å². The molecule has 2 rings (SSSR count). The predicted octanol–water partition coefficient (Wildman–Crippen LogP) is 2.26. The lowest BCUT2D eigenvalue weighted by atomic mass is 10.1. The summed E-state index contributed by atoms with van der Waals surface area (Å²) in [4.78, 5) is 2.18. The minimum Gasteiger partial charge on any atom is -0.314 e. The van der Waals surface area contributed by atoms with Gasteiger partial charge in [0.15, 0.2) is 0 Å². The molecule has 0 aromatic heterocycles. The van der Waals surface area contributed by atoms with Crippen LogP contribution in [0.5, 0.6) is 0 Å². The van der Waals surface area contributed by atoms with E-state index >= 15 is 0 Å². The number of piperazine rings is 1. The van der Waals surface area contributed by atoms with Crippen molar-refractivity contribution in [3.05, 3.63) is 34.9 Å². The van der Waals surface area contributed by atoms with Crippen LogP contribution in [0.3, 0.4) is 0 Å². The van der Waals surface area contributed by atoms with Crippen molar-refractivity contribution < 1.29 is 4.39 Å². The van der Waals surface area contributed by atoms with Crippen molar-refractivity contribution in [1.29, 1.82) is 0 Å². The van der Waals surface area contributed by atoms with Crippen molar-refractivity contribution in [2.45, 2.75) is 6.04 Å². The molecule has 1 aliphatic heterocycles. The number of nitrogens with zero attached hydrogens (tertiary/aromatic N) is 1. The van der Waals surface area contributed by atoms with Gasteiger partial charge in [0.1, 0.15) is 6.67 Å². The van der Waals surface area contributed by atoms with Crippen LogP contribution in [0.15, 0.2) is 24.3 Å². The van der Waals surface area contributed by atoms with E-state index in [0.717, 1.165) is 31.7 Å². The maximum absolute atomic E-state index is 13.1. The highest BCUT2D eigenvalue weighted by atomic mass is 35.5. The first kappa shape index (κ1) is 11.8. The minimum atomic E-state index is -0.346. The summed E-state index contributed by atoms with van der Waals surface area (Å²) in [5, 5.41) is 3.97. The Balaban J connectivity index is 2.11. The van der Waals surface area contributed by atoms with Gasteiger partial charge in [-0.05, 0) is 17.7 Å². The zero-order valence-electron chi connectivity index (χ0n) is 9.13. The quantitative estimate of drug-likeness (QED) is 0.875. The molecule has 4 heteroatoms. The summed E-state index contributed by atoms with van der Waals surface area (Å²) in [6.07, 6.45) is 0. The second-order valence-corrected chi connectivity index (χ2v) is 4.44. The molecule has 1 fully saturated rings. The van der Waals surface area contributed by atoms with Crippen molar-refractivity contribution in [3.8, 4) is 0 Å². The molecule has 0 unspecified atom stereocenters. The van der Waals surface area contributed by atoms with E-state index in [9.17, 15) is 4.39 Å². The molecule has 1 aromatic rings. The van der Waals surface area contributed by atoms with E-state index in [2.05, 4.69) is 10.2 Å². The van der Waals surface area contributed by atoms with Crippen LogP contribution >= 0.6 is 11.6 Å². The van der Waals surface area contributed by atoms with Crippen molar-refractivity contribution in [1.82, 2.24) is 10.2 Å². The number of alkyl halides is 1. The predicted molar refractivity (Wildman–Crippen MR) is 64.6 cm³/mol. The van der Waals surface area contributed by atoms with E-state index in [1.807, 2.05) is 24.3 Å². The Labute approximate surface area is 100 Å². The third kappa shape index (κ3) is 2.73. The molecule has 1 atom stereocenters. The highest BCUT2D eigenvalue weighted by Gasteiger charge is 2.21. The number of benzene rings is 1. The molecule has 1 aromatic carbocycles. The molecule has 0 saturated carbocycles.